The molecular weight excluding hydrogens is 228 g/mol. The fourth-order valence-electron chi connectivity index (χ4n) is 1.73. The lowest BCUT2D eigenvalue weighted by Crippen LogP contribution is -2.12. The molecule has 1 aromatic rings. The molecule has 0 fully saturated rings. The van der Waals surface area contributed by atoms with Crippen molar-refractivity contribution in [1.29, 1.82) is 0 Å². The van der Waals surface area contributed by atoms with E-state index in [9.17, 15) is 4.79 Å². The molecule has 1 aromatic carbocycles. The van der Waals surface area contributed by atoms with Crippen LogP contribution in [0.25, 0.3) is 0 Å². The Balaban J connectivity index is 3.24. The maximum atomic E-state index is 11.1. The van der Waals surface area contributed by atoms with Crippen molar-refractivity contribution in [1.82, 2.24) is 0 Å². The van der Waals surface area contributed by atoms with Gasteiger partial charge < -0.3 is 9.84 Å². The van der Waals surface area contributed by atoms with Gasteiger partial charge in [-0.3, -0.25) is 4.79 Å². The lowest BCUT2D eigenvalue weighted by atomic mass is 9.92. The van der Waals surface area contributed by atoms with E-state index in [0.717, 1.165) is 11.1 Å². The van der Waals surface area contributed by atoms with E-state index in [-0.39, 0.29) is 0 Å². The van der Waals surface area contributed by atoms with Gasteiger partial charge in [0.25, 0.3) is 0 Å². The smallest absolute Gasteiger partial charge is 0.310 e. The SMILES string of the molecule is CCC(C(=O)O)c1cc(Cl)c(OC)cc1C. The van der Waals surface area contributed by atoms with Gasteiger partial charge in [-0.1, -0.05) is 18.5 Å². The first-order valence-corrected chi connectivity index (χ1v) is 5.45. The summed E-state index contributed by atoms with van der Waals surface area (Å²) >= 11 is 5.99. The van der Waals surface area contributed by atoms with Crippen LogP contribution < -0.4 is 4.74 Å². The molecule has 0 aliphatic heterocycles. The van der Waals surface area contributed by atoms with Crippen molar-refractivity contribution < 1.29 is 14.6 Å². The average Bonchev–Trinajstić information content (AvgIpc) is 2.23. The summed E-state index contributed by atoms with van der Waals surface area (Å²) < 4.78 is 5.08. The molecule has 0 radical (unpaired) electrons. The molecule has 1 atom stereocenters. The lowest BCUT2D eigenvalue weighted by molar-refractivity contribution is -0.138. The molecule has 0 bridgehead atoms. The van der Waals surface area contributed by atoms with E-state index in [0.29, 0.717) is 17.2 Å². The second kappa shape index (κ2) is 5.21. The Kier molecular flexibility index (Phi) is 4.19. The van der Waals surface area contributed by atoms with Crippen LogP contribution in [-0.2, 0) is 4.79 Å². The van der Waals surface area contributed by atoms with Crippen molar-refractivity contribution in [2.75, 3.05) is 7.11 Å². The number of aryl methyl sites for hydroxylation is 1. The Labute approximate surface area is 100.0 Å². The molecule has 0 aliphatic rings. The van der Waals surface area contributed by atoms with Gasteiger partial charge in [0, 0.05) is 0 Å². The van der Waals surface area contributed by atoms with E-state index in [1.807, 2.05) is 13.8 Å². The number of halogens is 1. The second-order valence-electron chi connectivity index (χ2n) is 3.64. The molecule has 1 unspecified atom stereocenters. The summed E-state index contributed by atoms with van der Waals surface area (Å²) in [6.45, 7) is 3.70. The fraction of sp³-hybridized carbons (Fsp3) is 0.417. The second-order valence-corrected chi connectivity index (χ2v) is 4.05. The average molecular weight is 243 g/mol. The molecule has 1 N–H and O–H groups in total. The van der Waals surface area contributed by atoms with Crippen LogP contribution in [0.2, 0.25) is 5.02 Å². The Morgan fingerprint density at radius 1 is 1.56 bits per heavy atom. The Morgan fingerprint density at radius 2 is 2.19 bits per heavy atom. The van der Waals surface area contributed by atoms with Crippen LogP contribution in [0, 0.1) is 6.92 Å². The van der Waals surface area contributed by atoms with Gasteiger partial charge in [-0.25, -0.2) is 0 Å². The molecule has 0 saturated heterocycles. The zero-order chi connectivity index (χ0) is 12.3. The number of benzene rings is 1. The van der Waals surface area contributed by atoms with Crippen LogP contribution in [0.15, 0.2) is 12.1 Å². The molecule has 16 heavy (non-hydrogen) atoms. The summed E-state index contributed by atoms with van der Waals surface area (Å²) in [5.41, 5.74) is 1.64. The summed E-state index contributed by atoms with van der Waals surface area (Å²) in [6.07, 6.45) is 0.541. The van der Waals surface area contributed by atoms with Crippen LogP contribution >= 0.6 is 11.6 Å². The van der Waals surface area contributed by atoms with Crippen LogP contribution in [0.1, 0.15) is 30.4 Å². The largest absolute Gasteiger partial charge is 0.495 e. The predicted molar refractivity (Wildman–Crippen MR) is 63.4 cm³/mol. The van der Waals surface area contributed by atoms with Crippen molar-refractivity contribution in [3.8, 4) is 5.75 Å². The van der Waals surface area contributed by atoms with Crippen molar-refractivity contribution in [2.24, 2.45) is 0 Å². The van der Waals surface area contributed by atoms with Gasteiger partial charge in [-0.05, 0) is 36.6 Å². The molecule has 0 amide bonds. The topological polar surface area (TPSA) is 46.5 Å². The standard InChI is InChI=1S/C12H15ClO3/c1-4-8(12(14)15)9-6-10(13)11(16-3)5-7(9)2/h5-6,8H,4H2,1-3H3,(H,14,15). The summed E-state index contributed by atoms with van der Waals surface area (Å²) in [6, 6.07) is 3.45. The molecule has 0 saturated carbocycles. The van der Waals surface area contributed by atoms with Crippen molar-refractivity contribution in [3.05, 3.63) is 28.3 Å². The summed E-state index contributed by atoms with van der Waals surface area (Å²) in [7, 11) is 1.54. The summed E-state index contributed by atoms with van der Waals surface area (Å²) in [4.78, 5) is 11.1. The maximum Gasteiger partial charge on any atom is 0.310 e. The minimum atomic E-state index is -0.827. The molecule has 0 aromatic heterocycles. The quantitative estimate of drug-likeness (QED) is 0.882. The van der Waals surface area contributed by atoms with Gasteiger partial charge in [0.15, 0.2) is 0 Å². The van der Waals surface area contributed by atoms with Crippen LogP contribution in [0.3, 0.4) is 0 Å². The highest BCUT2D eigenvalue weighted by Crippen LogP contribution is 2.32. The number of hydrogen-bond acceptors (Lipinski definition) is 2. The number of ether oxygens (including phenoxy) is 1. The molecule has 0 spiro atoms. The van der Waals surface area contributed by atoms with Crippen molar-refractivity contribution >= 4 is 17.6 Å². The van der Waals surface area contributed by atoms with Crippen molar-refractivity contribution in [2.45, 2.75) is 26.2 Å². The minimum Gasteiger partial charge on any atom is -0.495 e. The van der Waals surface area contributed by atoms with E-state index < -0.39 is 11.9 Å². The zero-order valence-electron chi connectivity index (χ0n) is 9.58. The van der Waals surface area contributed by atoms with Gasteiger partial charge in [0.05, 0.1) is 18.1 Å². The molecular formula is C12H15ClO3. The number of hydrogen-bond donors (Lipinski definition) is 1. The third kappa shape index (κ3) is 2.47. The fourth-order valence-corrected chi connectivity index (χ4v) is 1.98. The molecule has 4 heteroatoms. The first kappa shape index (κ1) is 12.8. The summed E-state index contributed by atoms with van der Waals surface area (Å²) in [5.74, 6) is -0.765. The Morgan fingerprint density at radius 3 is 2.62 bits per heavy atom. The molecule has 0 heterocycles. The highest BCUT2D eigenvalue weighted by Gasteiger charge is 2.20. The van der Waals surface area contributed by atoms with Gasteiger partial charge in [-0.15, -0.1) is 0 Å². The van der Waals surface area contributed by atoms with Crippen LogP contribution in [0.5, 0.6) is 5.75 Å². The number of methoxy groups -OCH3 is 1. The number of carbonyl (C=O) groups is 1. The third-order valence-electron chi connectivity index (χ3n) is 2.62. The lowest BCUT2D eigenvalue weighted by Gasteiger charge is -2.15. The monoisotopic (exact) mass is 242 g/mol. The normalized spacial score (nSPS) is 12.2. The number of aliphatic carboxylic acids is 1. The van der Waals surface area contributed by atoms with Gasteiger partial charge in [0.1, 0.15) is 5.75 Å². The van der Waals surface area contributed by atoms with E-state index in [1.54, 1.807) is 12.1 Å². The van der Waals surface area contributed by atoms with Crippen LogP contribution in [-0.4, -0.2) is 18.2 Å². The third-order valence-corrected chi connectivity index (χ3v) is 2.92. The number of carboxylic acids is 1. The predicted octanol–water partition coefficient (Wildman–Crippen LogP) is 3.24. The highest BCUT2D eigenvalue weighted by molar-refractivity contribution is 6.32. The summed E-state index contributed by atoms with van der Waals surface area (Å²) in [5, 5.41) is 9.54. The number of carboxylic acid groups (broad SMARTS) is 1. The number of rotatable bonds is 4. The van der Waals surface area contributed by atoms with Gasteiger partial charge in [0.2, 0.25) is 0 Å². The van der Waals surface area contributed by atoms with Crippen molar-refractivity contribution in [3.63, 3.8) is 0 Å². The van der Waals surface area contributed by atoms with E-state index in [2.05, 4.69) is 0 Å². The van der Waals surface area contributed by atoms with E-state index in [1.165, 1.54) is 7.11 Å². The van der Waals surface area contributed by atoms with E-state index >= 15 is 0 Å². The van der Waals surface area contributed by atoms with Gasteiger partial charge >= 0.3 is 5.97 Å². The Hall–Kier alpha value is -1.22. The zero-order valence-corrected chi connectivity index (χ0v) is 10.3. The molecule has 3 nitrogen and oxygen atoms in total. The first-order chi connectivity index (χ1) is 7.51. The maximum absolute atomic E-state index is 11.1. The van der Waals surface area contributed by atoms with Gasteiger partial charge in [-0.2, -0.15) is 0 Å². The van der Waals surface area contributed by atoms with E-state index in [4.69, 9.17) is 21.4 Å². The highest BCUT2D eigenvalue weighted by atomic mass is 35.5. The molecule has 1 rings (SSSR count). The molecule has 0 aliphatic carbocycles. The first-order valence-electron chi connectivity index (χ1n) is 5.08. The van der Waals surface area contributed by atoms with Crippen LogP contribution in [0.4, 0.5) is 0 Å². The molecule has 88 valence electrons. The Bertz CT molecular complexity index is 401. The minimum absolute atomic E-state index is 0.447.